The second-order valence-corrected chi connectivity index (χ2v) is 19.1. The van der Waals surface area contributed by atoms with E-state index in [0.717, 1.165) is 34.1 Å². The summed E-state index contributed by atoms with van der Waals surface area (Å²) in [5, 5.41) is 13.4. The molecular formula is C76H59N3. The molecule has 0 fully saturated rings. The van der Waals surface area contributed by atoms with Crippen LogP contribution in [-0.2, 0) is 0 Å². The maximum Gasteiger partial charge on any atom is 0.0464 e. The Hall–Kier alpha value is -10.5. The largest absolute Gasteiger partial charge is 0.355 e. The van der Waals surface area contributed by atoms with Crippen LogP contribution in [0.3, 0.4) is 0 Å². The summed E-state index contributed by atoms with van der Waals surface area (Å²) < 4.78 is 0. The number of rotatable bonds is 12. The standard InChI is InChI=1S/C28H21N.2C24H19N/c1-2-11-22(12-3-1)24-16-6-8-19-27(24)29-28-20-9-7-17-26(28)25-18-10-14-21-13-4-5-15-23(21)25;1-3-11-19(12-4-1)21-15-7-9-17-23(21)25-24-18-10-8-16-22(24)20-13-5-2-6-14-20;1-3-9-19(10-4-1)21-13-7-15-23(17-21)25-24-16-8-14-22(18-24)20-11-5-2-6-12-20/h1-20,29H;2*1-18,25H. The van der Waals surface area contributed by atoms with Gasteiger partial charge in [-0.3, -0.25) is 0 Å². The number of hydrogen-bond donors (Lipinski definition) is 3. The lowest BCUT2D eigenvalue weighted by Crippen LogP contribution is -1.96. The van der Waals surface area contributed by atoms with Crippen LogP contribution in [0.4, 0.5) is 34.1 Å². The highest BCUT2D eigenvalue weighted by Crippen LogP contribution is 2.39. The van der Waals surface area contributed by atoms with Crippen molar-refractivity contribution in [2.75, 3.05) is 16.0 Å². The van der Waals surface area contributed by atoms with Crippen molar-refractivity contribution in [2.24, 2.45) is 0 Å². The predicted molar refractivity (Wildman–Crippen MR) is 339 cm³/mol. The minimum Gasteiger partial charge on any atom is -0.355 e. The van der Waals surface area contributed by atoms with Crippen LogP contribution in [0.2, 0.25) is 0 Å². The van der Waals surface area contributed by atoms with Crippen molar-refractivity contribution in [1.29, 1.82) is 0 Å². The normalized spacial score (nSPS) is 10.5. The zero-order valence-corrected chi connectivity index (χ0v) is 43.8. The van der Waals surface area contributed by atoms with Gasteiger partial charge in [-0.25, -0.2) is 0 Å². The smallest absolute Gasteiger partial charge is 0.0464 e. The zero-order chi connectivity index (χ0) is 53.3. The molecule has 0 bridgehead atoms. The van der Waals surface area contributed by atoms with Crippen molar-refractivity contribution in [3.63, 3.8) is 0 Å². The van der Waals surface area contributed by atoms with Gasteiger partial charge in [-0.2, -0.15) is 0 Å². The van der Waals surface area contributed by atoms with Gasteiger partial charge in [0.2, 0.25) is 0 Å². The van der Waals surface area contributed by atoms with Crippen molar-refractivity contribution in [3.8, 4) is 66.8 Å². The Kier molecular flexibility index (Phi) is 16.3. The Bertz CT molecular complexity index is 3860. The van der Waals surface area contributed by atoms with Gasteiger partial charge in [0.1, 0.15) is 0 Å². The number of hydrogen-bond acceptors (Lipinski definition) is 3. The lowest BCUT2D eigenvalue weighted by molar-refractivity contribution is 1.52. The fourth-order valence-corrected chi connectivity index (χ4v) is 9.94. The summed E-state index contributed by atoms with van der Waals surface area (Å²) in [6, 6.07) is 118. The average Bonchev–Trinajstić information content (AvgIpc) is 3.55. The molecule has 0 atom stereocenters. The molecule has 0 aliphatic carbocycles. The van der Waals surface area contributed by atoms with E-state index < -0.39 is 0 Å². The van der Waals surface area contributed by atoms with Crippen LogP contribution in [0.1, 0.15) is 0 Å². The van der Waals surface area contributed by atoms with E-state index in [1.807, 2.05) is 24.3 Å². The molecule has 3 heteroatoms. The molecule has 0 saturated heterocycles. The first-order chi connectivity index (χ1) is 39.2. The number of fused-ring (bicyclic) bond motifs is 1. The third-order valence-electron chi connectivity index (χ3n) is 13.8. The van der Waals surface area contributed by atoms with Crippen LogP contribution >= 0.6 is 0 Å². The minimum absolute atomic E-state index is 1.09. The van der Waals surface area contributed by atoms with E-state index in [4.69, 9.17) is 0 Å². The zero-order valence-electron chi connectivity index (χ0n) is 43.8. The van der Waals surface area contributed by atoms with Gasteiger partial charge in [-0.1, -0.05) is 291 Å². The molecule has 3 nitrogen and oxygen atoms in total. The van der Waals surface area contributed by atoms with E-state index in [-0.39, 0.29) is 0 Å². The fourth-order valence-electron chi connectivity index (χ4n) is 9.94. The fraction of sp³-hybridized carbons (Fsp3) is 0. The maximum absolute atomic E-state index is 3.70. The Morgan fingerprint density at radius 3 is 0.861 bits per heavy atom. The summed E-state index contributed by atoms with van der Waals surface area (Å²) in [6.07, 6.45) is 0. The number of para-hydroxylation sites is 4. The highest BCUT2D eigenvalue weighted by Gasteiger charge is 2.12. The maximum atomic E-state index is 3.70. The van der Waals surface area contributed by atoms with Crippen molar-refractivity contribution in [2.45, 2.75) is 0 Å². The Morgan fingerprint density at radius 2 is 0.443 bits per heavy atom. The first kappa shape index (κ1) is 50.7. The predicted octanol–water partition coefficient (Wildman–Crippen LogP) is 21.4. The number of benzene rings is 13. The average molecular weight is 1010 g/mol. The van der Waals surface area contributed by atoms with Gasteiger partial charge in [-0.05, 0) is 104 Å². The van der Waals surface area contributed by atoms with Gasteiger partial charge in [-0.15, -0.1) is 0 Å². The van der Waals surface area contributed by atoms with Crippen LogP contribution in [0.15, 0.2) is 340 Å². The SMILES string of the molecule is c1ccc(-c2cccc(Nc3cccc(-c4ccccc4)c3)c2)cc1.c1ccc(-c2ccccc2Nc2ccccc2-c2cccc3ccccc23)cc1.c1ccc(-c2ccccc2Nc2ccccc2-c2ccccc2)cc1. The van der Waals surface area contributed by atoms with E-state index >= 15 is 0 Å². The molecule has 13 aromatic carbocycles. The van der Waals surface area contributed by atoms with Crippen molar-refractivity contribution in [1.82, 2.24) is 0 Å². The van der Waals surface area contributed by atoms with Crippen molar-refractivity contribution in [3.05, 3.63) is 340 Å². The molecule has 0 radical (unpaired) electrons. The van der Waals surface area contributed by atoms with E-state index in [2.05, 4.69) is 331 Å². The molecule has 79 heavy (non-hydrogen) atoms. The third-order valence-corrected chi connectivity index (χ3v) is 13.8. The lowest BCUT2D eigenvalue weighted by atomic mass is 9.96. The van der Waals surface area contributed by atoms with Crippen LogP contribution in [0.25, 0.3) is 77.5 Å². The quantitative estimate of drug-likeness (QED) is 0.114. The second kappa shape index (κ2) is 25.4. The molecule has 378 valence electrons. The van der Waals surface area contributed by atoms with Gasteiger partial charge < -0.3 is 16.0 Å². The van der Waals surface area contributed by atoms with Gasteiger partial charge in [0.25, 0.3) is 0 Å². The van der Waals surface area contributed by atoms with Crippen molar-refractivity contribution >= 4 is 44.9 Å². The topological polar surface area (TPSA) is 36.1 Å². The molecule has 0 spiro atoms. The summed E-state index contributed by atoms with van der Waals surface area (Å²) in [5.74, 6) is 0. The summed E-state index contributed by atoms with van der Waals surface area (Å²) >= 11 is 0. The summed E-state index contributed by atoms with van der Waals surface area (Å²) in [7, 11) is 0. The third kappa shape index (κ3) is 12.8. The Balaban J connectivity index is 0.000000126. The van der Waals surface area contributed by atoms with E-state index in [9.17, 15) is 0 Å². The Morgan fingerprint density at radius 1 is 0.165 bits per heavy atom. The van der Waals surface area contributed by atoms with E-state index in [1.165, 1.54) is 77.5 Å². The summed E-state index contributed by atoms with van der Waals surface area (Å²) in [6.45, 7) is 0. The molecule has 0 amide bonds. The summed E-state index contributed by atoms with van der Waals surface area (Å²) in [4.78, 5) is 0. The first-order valence-corrected chi connectivity index (χ1v) is 26.8. The molecule has 0 saturated carbocycles. The minimum atomic E-state index is 1.09. The van der Waals surface area contributed by atoms with Gasteiger partial charge >= 0.3 is 0 Å². The lowest BCUT2D eigenvalue weighted by Gasteiger charge is -2.17. The van der Waals surface area contributed by atoms with E-state index in [1.54, 1.807) is 0 Å². The summed E-state index contributed by atoms with van der Waals surface area (Å²) in [5.41, 5.74) is 21.1. The number of nitrogens with one attached hydrogen (secondary N) is 3. The van der Waals surface area contributed by atoms with E-state index in [0.29, 0.717) is 0 Å². The highest BCUT2D eigenvalue weighted by molar-refractivity contribution is 6.00. The molecule has 0 unspecified atom stereocenters. The highest BCUT2D eigenvalue weighted by atomic mass is 14.9. The Labute approximate surface area is 464 Å². The molecule has 3 N–H and O–H groups in total. The number of anilines is 6. The molecule has 0 aromatic heterocycles. The molecule has 13 aromatic rings. The molecule has 0 aliphatic heterocycles. The van der Waals surface area contributed by atoms with Gasteiger partial charge in [0, 0.05) is 56.4 Å². The molecule has 0 aliphatic rings. The second-order valence-electron chi connectivity index (χ2n) is 19.1. The van der Waals surface area contributed by atoms with Crippen LogP contribution in [0.5, 0.6) is 0 Å². The van der Waals surface area contributed by atoms with Crippen LogP contribution in [-0.4, -0.2) is 0 Å². The molecular weight excluding hydrogens is 955 g/mol. The van der Waals surface area contributed by atoms with Crippen LogP contribution < -0.4 is 16.0 Å². The molecule has 13 rings (SSSR count). The monoisotopic (exact) mass is 1010 g/mol. The van der Waals surface area contributed by atoms with Crippen molar-refractivity contribution < 1.29 is 0 Å². The molecule has 0 heterocycles. The van der Waals surface area contributed by atoms with Gasteiger partial charge in [0.15, 0.2) is 0 Å². The van der Waals surface area contributed by atoms with Crippen LogP contribution in [0, 0.1) is 0 Å². The van der Waals surface area contributed by atoms with Gasteiger partial charge in [0.05, 0.1) is 0 Å². The first-order valence-electron chi connectivity index (χ1n) is 26.8.